The van der Waals surface area contributed by atoms with Crippen LogP contribution in [0.3, 0.4) is 0 Å². The quantitative estimate of drug-likeness (QED) is 0.819. The summed E-state index contributed by atoms with van der Waals surface area (Å²) in [5.74, 6) is -0.606. The fourth-order valence-electron chi connectivity index (χ4n) is 3.23. The first-order chi connectivity index (χ1) is 8.03. The lowest BCUT2D eigenvalue weighted by Crippen LogP contribution is -2.44. The van der Waals surface area contributed by atoms with Gasteiger partial charge in [0, 0.05) is 18.0 Å². The van der Waals surface area contributed by atoms with E-state index in [2.05, 4.69) is 0 Å². The number of amides is 1. The molecule has 2 fully saturated rings. The summed E-state index contributed by atoms with van der Waals surface area (Å²) in [5, 5.41) is 8.87. The number of aliphatic carboxylic acids is 1. The molecule has 4 heteroatoms. The average Bonchev–Trinajstić information content (AvgIpc) is 2.86. The summed E-state index contributed by atoms with van der Waals surface area (Å²) in [6.45, 7) is 2.78. The standard InChI is InChI=1S/C13H21NO3/c1-13(6-2-3-7-13)12(17)14-8-4-5-10(14)9-11(15)16/h10H,2-9H2,1H3,(H,15,16). The van der Waals surface area contributed by atoms with Crippen molar-refractivity contribution in [3.8, 4) is 0 Å². The van der Waals surface area contributed by atoms with Crippen molar-refractivity contribution in [2.24, 2.45) is 5.41 Å². The number of carbonyl (C=O) groups excluding carboxylic acids is 1. The van der Waals surface area contributed by atoms with Crippen LogP contribution in [0.25, 0.3) is 0 Å². The van der Waals surface area contributed by atoms with E-state index in [-0.39, 0.29) is 23.8 Å². The van der Waals surface area contributed by atoms with Gasteiger partial charge >= 0.3 is 5.97 Å². The van der Waals surface area contributed by atoms with Gasteiger partial charge in [0.05, 0.1) is 6.42 Å². The molecule has 0 aromatic rings. The number of likely N-dealkylation sites (tertiary alicyclic amines) is 1. The fourth-order valence-corrected chi connectivity index (χ4v) is 3.23. The Morgan fingerprint density at radius 3 is 2.53 bits per heavy atom. The topological polar surface area (TPSA) is 57.6 Å². The molecular formula is C13H21NO3. The molecule has 96 valence electrons. The van der Waals surface area contributed by atoms with E-state index in [9.17, 15) is 9.59 Å². The molecule has 17 heavy (non-hydrogen) atoms. The molecule has 1 saturated carbocycles. The number of carbonyl (C=O) groups is 2. The number of carboxylic acid groups (broad SMARTS) is 1. The molecule has 1 unspecified atom stereocenters. The Balaban J connectivity index is 2.05. The van der Waals surface area contributed by atoms with Crippen molar-refractivity contribution in [2.45, 2.75) is 57.9 Å². The van der Waals surface area contributed by atoms with Crippen molar-refractivity contribution in [3.63, 3.8) is 0 Å². The van der Waals surface area contributed by atoms with E-state index in [0.29, 0.717) is 0 Å². The Bertz CT molecular complexity index is 321. The summed E-state index contributed by atoms with van der Waals surface area (Å²) < 4.78 is 0. The van der Waals surface area contributed by atoms with E-state index in [1.54, 1.807) is 0 Å². The highest BCUT2D eigenvalue weighted by atomic mass is 16.4. The normalized spacial score (nSPS) is 27.4. The molecule has 2 rings (SSSR count). The molecule has 0 bridgehead atoms. The monoisotopic (exact) mass is 239 g/mol. The van der Waals surface area contributed by atoms with Gasteiger partial charge < -0.3 is 10.0 Å². The first-order valence-electron chi connectivity index (χ1n) is 6.56. The third-order valence-corrected chi connectivity index (χ3v) is 4.27. The van der Waals surface area contributed by atoms with Gasteiger partial charge in [-0.05, 0) is 25.7 Å². The molecule has 1 aliphatic carbocycles. The minimum atomic E-state index is -0.800. The van der Waals surface area contributed by atoms with Crippen LogP contribution in [0.4, 0.5) is 0 Å². The highest BCUT2D eigenvalue weighted by molar-refractivity contribution is 5.83. The van der Waals surface area contributed by atoms with E-state index in [4.69, 9.17) is 5.11 Å². The van der Waals surface area contributed by atoms with E-state index in [0.717, 1.165) is 45.1 Å². The Labute approximate surface area is 102 Å². The van der Waals surface area contributed by atoms with Gasteiger partial charge in [0.15, 0.2) is 0 Å². The molecule has 1 aliphatic heterocycles. The van der Waals surface area contributed by atoms with Crippen molar-refractivity contribution in [2.75, 3.05) is 6.54 Å². The summed E-state index contributed by atoms with van der Waals surface area (Å²) in [7, 11) is 0. The Kier molecular flexibility index (Phi) is 3.40. The summed E-state index contributed by atoms with van der Waals surface area (Å²) in [4.78, 5) is 25.1. The highest BCUT2D eigenvalue weighted by Gasteiger charge is 2.42. The van der Waals surface area contributed by atoms with Crippen LogP contribution in [0.15, 0.2) is 0 Å². The molecule has 1 atom stereocenters. The van der Waals surface area contributed by atoms with Crippen LogP contribution >= 0.6 is 0 Å². The Hall–Kier alpha value is -1.06. The van der Waals surface area contributed by atoms with Gasteiger partial charge in [-0.1, -0.05) is 19.8 Å². The van der Waals surface area contributed by atoms with E-state index < -0.39 is 5.97 Å². The molecule has 0 radical (unpaired) electrons. The fraction of sp³-hybridized carbons (Fsp3) is 0.846. The number of nitrogens with zero attached hydrogens (tertiary/aromatic N) is 1. The van der Waals surface area contributed by atoms with Gasteiger partial charge in [-0.3, -0.25) is 9.59 Å². The number of hydrogen-bond donors (Lipinski definition) is 1. The minimum absolute atomic E-state index is 0.0718. The molecule has 4 nitrogen and oxygen atoms in total. The molecule has 0 aromatic carbocycles. The van der Waals surface area contributed by atoms with Crippen molar-refractivity contribution >= 4 is 11.9 Å². The molecule has 0 aromatic heterocycles. The van der Waals surface area contributed by atoms with Crippen LogP contribution in [-0.2, 0) is 9.59 Å². The van der Waals surface area contributed by atoms with Gasteiger partial charge in [-0.2, -0.15) is 0 Å². The summed E-state index contributed by atoms with van der Waals surface area (Å²) in [6, 6.07) is -0.0718. The van der Waals surface area contributed by atoms with Crippen molar-refractivity contribution in [1.29, 1.82) is 0 Å². The second-order valence-electron chi connectivity index (χ2n) is 5.66. The zero-order chi connectivity index (χ0) is 12.5. The van der Waals surface area contributed by atoms with E-state index in [1.807, 2.05) is 11.8 Å². The maximum absolute atomic E-state index is 12.5. The lowest BCUT2D eigenvalue weighted by atomic mass is 9.87. The molecule has 1 amide bonds. The van der Waals surface area contributed by atoms with E-state index in [1.165, 1.54) is 0 Å². The lowest BCUT2D eigenvalue weighted by molar-refractivity contribution is -0.144. The van der Waals surface area contributed by atoms with Crippen LogP contribution in [0.1, 0.15) is 51.9 Å². The zero-order valence-electron chi connectivity index (χ0n) is 10.4. The zero-order valence-corrected chi connectivity index (χ0v) is 10.4. The lowest BCUT2D eigenvalue weighted by Gasteiger charge is -2.32. The van der Waals surface area contributed by atoms with E-state index >= 15 is 0 Å². The number of carboxylic acids is 1. The number of rotatable bonds is 3. The minimum Gasteiger partial charge on any atom is -0.481 e. The Morgan fingerprint density at radius 1 is 1.29 bits per heavy atom. The maximum Gasteiger partial charge on any atom is 0.305 e. The second kappa shape index (κ2) is 4.67. The second-order valence-corrected chi connectivity index (χ2v) is 5.66. The SMILES string of the molecule is CC1(C(=O)N2CCCC2CC(=O)O)CCCC1. The summed E-state index contributed by atoms with van der Waals surface area (Å²) in [5.41, 5.74) is -0.221. The van der Waals surface area contributed by atoms with Crippen LogP contribution in [0.5, 0.6) is 0 Å². The molecular weight excluding hydrogens is 218 g/mol. The molecule has 1 saturated heterocycles. The molecule has 0 spiro atoms. The van der Waals surface area contributed by atoms with Crippen molar-refractivity contribution < 1.29 is 14.7 Å². The summed E-state index contributed by atoms with van der Waals surface area (Å²) in [6.07, 6.45) is 6.05. The third-order valence-electron chi connectivity index (χ3n) is 4.27. The van der Waals surface area contributed by atoms with Crippen molar-refractivity contribution in [3.05, 3.63) is 0 Å². The predicted molar refractivity (Wildman–Crippen MR) is 63.6 cm³/mol. The van der Waals surface area contributed by atoms with Gasteiger partial charge in [0.2, 0.25) is 5.91 Å². The maximum atomic E-state index is 12.5. The predicted octanol–water partition coefficient (Wildman–Crippen LogP) is 2.03. The molecule has 1 heterocycles. The van der Waals surface area contributed by atoms with Gasteiger partial charge in [0.25, 0.3) is 0 Å². The molecule has 1 N–H and O–H groups in total. The highest BCUT2D eigenvalue weighted by Crippen LogP contribution is 2.40. The van der Waals surface area contributed by atoms with Crippen LogP contribution in [0.2, 0.25) is 0 Å². The largest absolute Gasteiger partial charge is 0.481 e. The average molecular weight is 239 g/mol. The summed E-state index contributed by atoms with van der Waals surface area (Å²) >= 11 is 0. The Morgan fingerprint density at radius 2 is 1.94 bits per heavy atom. The van der Waals surface area contributed by atoms with Gasteiger partial charge in [-0.15, -0.1) is 0 Å². The first-order valence-corrected chi connectivity index (χ1v) is 6.56. The van der Waals surface area contributed by atoms with Crippen LogP contribution in [0, 0.1) is 5.41 Å². The third kappa shape index (κ3) is 2.45. The van der Waals surface area contributed by atoms with Crippen molar-refractivity contribution in [1.82, 2.24) is 4.90 Å². The smallest absolute Gasteiger partial charge is 0.305 e. The number of hydrogen-bond acceptors (Lipinski definition) is 2. The first kappa shape index (κ1) is 12.4. The van der Waals surface area contributed by atoms with Crippen LogP contribution in [-0.4, -0.2) is 34.5 Å². The van der Waals surface area contributed by atoms with Gasteiger partial charge in [0.1, 0.15) is 0 Å². The van der Waals surface area contributed by atoms with Gasteiger partial charge in [-0.25, -0.2) is 0 Å². The van der Waals surface area contributed by atoms with Crippen LogP contribution < -0.4 is 0 Å². The molecule has 2 aliphatic rings.